The van der Waals surface area contributed by atoms with E-state index in [0.717, 1.165) is 23.3 Å². The van der Waals surface area contributed by atoms with Crippen LogP contribution in [0.15, 0.2) is 41.3 Å². The van der Waals surface area contributed by atoms with Gasteiger partial charge in [0.15, 0.2) is 0 Å². The number of aryl methyl sites for hydroxylation is 1. The minimum atomic E-state index is -0.0286. The number of nitrogens with zero attached hydrogens (tertiary/aromatic N) is 1. The predicted octanol–water partition coefficient (Wildman–Crippen LogP) is 2.23. The summed E-state index contributed by atoms with van der Waals surface area (Å²) in [5.41, 5.74) is 8.35. The van der Waals surface area contributed by atoms with Crippen LogP contribution in [0.4, 0.5) is 0 Å². The standard InChI is InChI=1S/C12H14N2O/c1-9-8-14-5-4-11(9)12(13)7-10-3-2-6-15-10/h2-6,8,12H,7,13H2,1H3. The Bertz CT molecular complexity index is 423. The quantitative estimate of drug-likeness (QED) is 0.830. The van der Waals surface area contributed by atoms with E-state index in [9.17, 15) is 0 Å². The summed E-state index contributed by atoms with van der Waals surface area (Å²) in [6, 6.07) is 5.75. The largest absolute Gasteiger partial charge is 0.469 e. The highest BCUT2D eigenvalue weighted by molar-refractivity contribution is 5.26. The number of hydrogen-bond acceptors (Lipinski definition) is 3. The van der Waals surface area contributed by atoms with Crippen LogP contribution in [0.2, 0.25) is 0 Å². The molecule has 0 saturated heterocycles. The van der Waals surface area contributed by atoms with Crippen LogP contribution >= 0.6 is 0 Å². The van der Waals surface area contributed by atoms with E-state index in [0.29, 0.717) is 0 Å². The van der Waals surface area contributed by atoms with E-state index in [1.165, 1.54) is 0 Å². The SMILES string of the molecule is Cc1cnccc1C(N)Cc1ccco1. The van der Waals surface area contributed by atoms with Crippen LogP contribution in [-0.2, 0) is 6.42 Å². The highest BCUT2D eigenvalue weighted by Crippen LogP contribution is 2.18. The molecule has 1 unspecified atom stereocenters. The molecule has 2 N–H and O–H groups in total. The molecule has 78 valence electrons. The first-order valence-corrected chi connectivity index (χ1v) is 4.96. The third-order valence-corrected chi connectivity index (χ3v) is 2.46. The number of hydrogen-bond donors (Lipinski definition) is 1. The summed E-state index contributed by atoms with van der Waals surface area (Å²) < 4.78 is 5.27. The zero-order valence-corrected chi connectivity index (χ0v) is 8.68. The fourth-order valence-corrected chi connectivity index (χ4v) is 1.66. The minimum Gasteiger partial charge on any atom is -0.469 e. The molecule has 2 heterocycles. The van der Waals surface area contributed by atoms with Crippen LogP contribution < -0.4 is 5.73 Å². The number of nitrogens with two attached hydrogens (primary N) is 1. The van der Waals surface area contributed by atoms with Gasteiger partial charge in [-0.15, -0.1) is 0 Å². The van der Waals surface area contributed by atoms with Crippen molar-refractivity contribution >= 4 is 0 Å². The molecule has 2 aromatic rings. The lowest BCUT2D eigenvalue weighted by molar-refractivity contribution is 0.488. The van der Waals surface area contributed by atoms with Crippen molar-refractivity contribution in [3.8, 4) is 0 Å². The smallest absolute Gasteiger partial charge is 0.105 e. The summed E-state index contributed by atoms with van der Waals surface area (Å²) in [6.45, 7) is 2.02. The molecule has 0 bridgehead atoms. The van der Waals surface area contributed by atoms with Crippen molar-refractivity contribution in [3.63, 3.8) is 0 Å². The Hall–Kier alpha value is -1.61. The van der Waals surface area contributed by atoms with Crippen LogP contribution in [0.3, 0.4) is 0 Å². The van der Waals surface area contributed by atoms with Crippen LogP contribution in [0.5, 0.6) is 0 Å². The Balaban J connectivity index is 2.15. The summed E-state index contributed by atoms with van der Waals surface area (Å²) in [4.78, 5) is 4.05. The second-order valence-corrected chi connectivity index (χ2v) is 3.62. The average molecular weight is 202 g/mol. The van der Waals surface area contributed by atoms with Gasteiger partial charge >= 0.3 is 0 Å². The molecule has 15 heavy (non-hydrogen) atoms. The van der Waals surface area contributed by atoms with Gasteiger partial charge in [-0.1, -0.05) is 0 Å². The van der Waals surface area contributed by atoms with E-state index in [2.05, 4.69) is 4.98 Å². The molecule has 0 radical (unpaired) electrons. The summed E-state index contributed by atoms with van der Waals surface area (Å²) in [5.74, 6) is 0.915. The van der Waals surface area contributed by atoms with Crippen LogP contribution in [0.25, 0.3) is 0 Å². The van der Waals surface area contributed by atoms with E-state index >= 15 is 0 Å². The Morgan fingerprint density at radius 2 is 2.33 bits per heavy atom. The summed E-state index contributed by atoms with van der Waals surface area (Å²) >= 11 is 0. The molecular weight excluding hydrogens is 188 g/mol. The lowest BCUT2D eigenvalue weighted by Crippen LogP contribution is -2.14. The third kappa shape index (κ3) is 2.25. The van der Waals surface area contributed by atoms with Gasteiger partial charge in [0.25, 0.3) is 0 Å². The van der Waals surface area contributed by atoms with Gasteiger partial charge in [-0.2, -0.15) is 0 Å². The molecule has 0 aliphatic rings. The topological polar surface area (TPSA) is 52.0 Å². The number of rotatable bonds is 3. The highest BCUT2D eigenvalue weighted by atomic mass is 16.3. The molecular formula is C12H14N2O. The monoisotopic (exact) mass is 202 g/mol. The normalized spacial score (nSPS) is 12.7. The maximum atomic E-state index is 6.10. The predicted molar refractivity (Wildman–Crippen MR) is 58.3 cm³/mol. The first-order chi connectivity index (χ1) is 7.27. The lowest BCUT2D eigenvalue weighted by Gasteiger charge is -2.12. The number of aromatic nitrogens is 1. The molecule has 2 aromatic heterocycles. The van der Waals surface area contributed by atoms with Gasteiger partial charge in [0, 0.05) is 24.9 Å². The van der Waals surface area contributed by atoms with E-state index < -0.39 is 0 Å². The molecule has 1 atom stereocenters. The van der Waals surface area contributed by atoms with Crippen molar-refractivity contribution in [2.45, 2.75) is 19.4 Å². The van der Waals surface area contributed by atoms with Gasteiger partial charge < -0.3 is 10.2 Å². The molecule has 0 spiro atoms. The number of pyridine rings is 1. The van der Waals surface area contributed by atoms with Crippen molar-refractivity contribution in [1.82, 2.24) is 4.98 Å². The van der Waals surface area contributed by atoms with Gasteiger partial charge in [-0.05, 0) is 36.2 Å². The zero-order chi connectivity index (χ0) is 10.7. The van der Waals surface area contributed by atoms with E-state index in [1.807, 2.05) is 31.3 Å². The summed E-state index contributed by atoms with van der Waals surface area (Å²) in [7, 11) is 0. The van der Waals surface area contributed by atoms with Crippen LogP contribution in [0.1, 0.15) is 22.9 Å². The first-order valence-electron chi connectivity index (χ1n) is 4.96. The second kappa shape index (κ2) is 4.28. The number of furan rings is 1. The molecule has 0 aromatic carbocycles. The Morgan fingerprint density at radius 3 is 3.00 bits per heavy atom. The van der Waals surface area contributed by atoms with Gasteiger partial charge in [-0.25, -0.2) is 0 Å². The molecule has 0 aliphatic heterocycles. The highest BCUT2D eigenvalue weighted by Gasteiger charge is 2.10. The van der Waals surface area contributed by atoms with Crippen molar-refractivity contribution in [2.75, 3.05) is 0 Å². The Morgan fingerprint density at radius 1 is 1.47 bits per heavy atom. The minimum absolute atomic E-state index is 0.0286. The van der Waals surface area contributed by atoms with Crippen molar-refractivity contribution in [1.29, 1.82) is 0 Å². The lowest BCUT2D eigenvalue weighted by atomic mass is 10.0. The molecule has 0 amide bonds. The summed E-state index contributed by atoms with van der Waals surface area (Å²) in [6.07, 6.45) is 5.99. The third-order valence-electron chi connectivity index (χ3n) is 2.46. The van der Waals surface area contributed by atoms with Gasteiger partial charge in [-0.3, -0.25) is 4.98 Å². The fourth-order valence-electron chi connectivity index (χ4n) is 1.66. The molecule has 2 rings (SSSR count). The zero-order valence-electron chi connectivity index (χ0n) is 8.68. The Labute approximate surface area is 88.9 Å². The van der Waals surface area contributed by atoms with Crippen LogP contribution in [-0.4, -0.2) is 4.98 Å². The van der Waals surface area contributed by atoms with Gasteiger partial charge in [0.1, 0.15) is 5.76 Å². The summed E-state index contributed by atoms with van der Waals surface area (Å²) in [5, 5.41) is 0. The maximum Gasteiger partial charge on any atom is 0.105 e. The van der Waals surface area contributed by atoms with Crippen molar-refractivity contribution in [2.24, 2.45) is 5.73 Å². The first kappa shape index (κ1) is 9.93. The molecule has 0 aliphatic carbocycles. The van der Waals surface area contributed by atoms with E-state index in [-0.39, 0.29) is 6.04 Å². The van der Waals surface area contributed by atoms with Crippen LogP contribution in [0, 0.1) is 6.92 Å². The van der Waals surface area contributed by atoms with E-state index in [4.69, 9.17) is 10.2 Å². The fraction of sp³-hybridized carbons (Fsp3) is 0.250. The van der Waals surface area contributed by atoms with Crippen molar-refractivity contribution < 1.29 is 4.42 Å². The second-order valence-electron chi connectivity index (χ2n) is 3.62. The molecule has 3 heteroatoms. The Kier molecular flexibility index (Phi) is 2.83. The van der Waals surface area contributed by atoms with Crippen molar-refractivity contribution in [3.05, 3.63) is 53.7 Å². The molecule has 3 nitrogen and oxygen atoms in total. The average Bonchev–Trinajstić information content (AvgIpc) is 2.71. The molecule has 0 fully saturated rings. The maximum absolute atomic E-state index is 6.10. The van der Waals surface area contributed by atoms with E-state index in [1.54, 1.807) is 12.5 Å². The van der Waals surface area contributed by atoms with Gasteiger partial charge in [0.2, 0.25) is 0 Å². The molecule has 0 saturated carbocycles. The van der Waals surface area contributed by atoms with Gasteiger partial charge in [0.05, 0.1) is 6.26 Å².